The third kappa shape index (κ3) is 3.58. The second-order valence-electron chi connectivity index (χ2n) is 4.04. The topological polar surface area (TPSA) is 80.4 Å². The van der Waals surface area contributed by atoms with Crippen molar-refractivity contribution in [2.75, 3.05) is 0 Å². The zero-order valence-electron chi connectivity index (χ0n) is 10.4. The SMILES string of the molecule is O=C(O)c1ccc(SCc2ccc([N+](=O)[O-])cc2)cc1. The number of nitro benzene ring substituents is 1. The van der Waals surface area contributed by atoms with Crippen molar-refractivity contribution in [3.63, 3.8) is 0 Å². The maximum Gasteiger partial charge on any atom is 0.335 e. The van der Waals surface area contributed by atoms with Crippen LogP contribution in [0.2, 0.25) is 0 Å². The van der Waals surface area contributed by atoms with Crippen LogP contribution in [0.5, 0.6) is 0 Å². The number of hydrogen-bond acceptors (Lipinski definition) is 4. The predicted octanol–water partition coefficient (Wildman–Crippen LogP) is 3.59. The number of hydrogen-bond donors (Lipinski definition) is 1. The van der Waals surface area contributed by atoms with Gasteiger partial charge >= 0.3 is 5.97 Å². The normalized spacial score (nSPS) is 10.2. The van der Waals surface area contributed by atoms with Crippen molar-refractivity contribution in [3.05, 3.63) is 69.8 Å². The summed E-state index contributed by atoms with van der Waals surface area (Å²) < 4.78 is 0. The van der Waals surface area contributed by atoms with Gasteiger partial charge in [0.2, 0.25) is 0 Å². The first-order valence-electron chi connectivity index (χ1n) is 5.76. The van der Waals surface area contributed by atoms with E-state index in [0.717, 1.165) is 10.5 Å². The Morgan fingerprint density at radius 3 is 2.20 bits per heavy atom. The van der Waals surface area contributed by atoms with E-state index >= 15 is 0 Å². The number of nitro groups is 1. The maximum atomic E-state index is 10.7. The average molecular weight is 289 g/mol. The fraction of sp³-hybridized carbons (Fsp3) is 0.0714. The molecule has 0 aliphatic heterocycles. The highest BCUT2D eigenvalue weighted by atomic mass is 32.2. The number of nitrogens with zero attached hydrogens (tertiary/aromatic N) is 1. The molecule has 0 aliphatic rings. The molecule has 0 amide bonds. The summed E-state index contributed by atoms with van der Waals surface area (Å²) in [6.07, 6.45) is 0. The van der Waals surface area contributed by atoms with Crippen LogP contribution in [0.25, 0.3) is 0 Å². The molecule has 0 aromatic heterocycles. The number of non-ortho nitro benzene ring substituents is 1. The van der Waals surface area contributed by atoms with Crippen LogP contribution in [0.4, 0.5) is 5.69 Å². The highest BCUT2D eigenvalue weighted by molar-refractivity contribution is 7.98. The average Bonchev–Trinajstić information content (AvgIpc) is 2.46. The van der Waals surface area contributed by atoms with Crippen LogP contribution in [0.3, 0.4) is 0 Å². The zero-order valence-corrected chi connectivity index (χ0v) is 11.2. The second-order valence-corrected chi connectivity index (χ2v) is 5.09. The summed E-state index contributed by atoms with van der Waals surface area (Å²) in [6, 6.07) is 13.0. The lowest BCUT2D eigenvalue weighted by Gasteiger charge is -2.02. The predicted molar refractivity (Wildman–Crippen MR) is 76.1 cm³/mol. The molecule has 0 spiro atoms. The minimum Gasteiger partial charge on any atom is -0.478 e. The van der Waals surface area contributed by atoms with E-state index in [1.54, 1.807) is 48.2 Å². The summed E-state index contributed by atoms with van der Waals surface area (Å²) in [5, 5.41) is 19.3. The molecule has 2 rings (SSSR count). The van der Waals surface area contributed by atoms with E-state index in [0.29, 0.717) is 5.75 Å². The fourth-order valence-electron chi connectivity index (χ4n) is 1.57. The van der Waals surface area contributed by atoms with E-state index in [-0.39, 0.29) is 11.3 Å². The third-order valence-electron chi connectivity index (χ3n) is 2.65. The van der Waals surface area contributed by atoms with Crippen molar-refractivity contribution in [2.24, 2.45) is 0 Å². The molecule has 0 bridgehead atoms. The van der Waals surface area contributed by atoms with Gasteiger partial charge in [0.15, 0.2) is 0 Å². The van der Waals surface area contributed by atoms with Gasteiger partial charge in [-0.3, -0.25) is 10.1 Å². The minimum atomic E-state index is -0.947. The summed E-state index contributed by atoms with van der Waals surface area (Å²) in [5.74, 6) is -0.276. The molecule has 20 heavy (non-hydrogen) atoms. The highest BCUT2D eigenvalue weighted by Crippen LogP contribution is 2.24. The number of carbonyl (C=O) groups is 1. The van der Waals surface area contributed by atoms with Gasteiger partial charge in [0.05, 0.1) is 10.5 Å². The Morgan fingerprint density at radius 1 is 1.10 bits per heavy atom. The molecule has 5 nitrogen and oxygen atoms in total. The molecule has 0 radical (unpaired) electrons. The van der Waals surface area contributed by atoms with Crippen LogP contribution in [0.1, 0.15) is 15.9 Å². The summed E-state index contributed by atoms with van der Waals surface area (Å²) in [7, 11) is 0. The Kier molecular flexibility index (Phi) is 4.37. The molecular formula is C14H11NO4S. The molecule has 0 heterocycles. The Bertz CT molecular complexity index is 565. The molecule has 6 heteroatoms. The van der Waals surface area contributed by atoms with Crippen LogP contribution in [-0.4, -0.2) is 16.0 Å². The summed E-state index contributed by atoms with van der Waals surface area (Å²) in [6.45, 7) is 0. The molecule has 0 saturated carbocycles. The van der Waals surface area contributed by atoms with Crippen molar-refractivity contribution in [1.82, 2.24) is 0 Å². The Morgan fingerprint density at radius 2 is 1.70 bits per heavy atom. The highest BCUT2D eigenvalue weighted by Gasteiger charge is 2.05. The van der Waals surface area contributed by atoms with E-state index in [9.17, 15) is 14.9 Å². The van der Waals surface area contributed by atoms with Crippen molar-refractivity contribution in [3.8, 4) is 0 Å². The van der Waals surface area contributed by atoms with E-state index in [1.165, 1.54) is 12.1 Å². The zero-order chi connectivity index (χ0) is 14.5. The first-order valence-corrected chi connectivity index (χ1v) is 6.74. The third-order valence-corrected chi connectivity index (χ3v) is 3.74. The van der Waals surface area contributed by atoms with Crippen LogP contribution in [-0.2, 0) is 5.75 Å². The lowest BCUT2D eigenvalue weighted by atomic mass is 10.2. The summed E-state index contributed by atoms with van der Waals surface area (Å²) in [4.78, 5) is 21.8. The van der Waals surface area contributed by atoms with Crippen molar-refractivity contribution in [1.29, 1.82) is 0 Å². The molecule has 0 atom stereocenters. The van der Waals surface area contributed by atoms with Gasteiger partial charge in [0.25, 0.3) is 5.69 Å². The standard InChI is InChI=1S/C14H11NO4S/c16-14(17)11-3-7-13(8-4-11)20-9-10-1-5-12(6-2-10)15(18)19/h1-8H,9H2,(H,16,17). The fourth-order valence-corrected chi connectivity index (χ4v) is 2.43. The van der Waals surface area contributed by atoms with Gasteiger partial charge in [-0.05, 0) is 29.8 Å². The quantitative estimate of drug-likeness (QED) is 0.517. The minimum absolute atomic E-state index is 0.0737. The monoisotopic (exact) mass is 289 g/mol. The number of rotatable bonds is 5. The number of carboxylic acids is 1. The van der Waals surface area contributed by atoms with Gasteiger partial charge in [-0.25, -0.2) is 4.79 Å². The van der Waals surface area contributed by atoms with E-state index in [2.05, 4.69) is 0 Å². The molecule has 0 aliphatic carbocycles. The molecule has 0 unspecified atom stereocenters. The molecule has 2 aromatic rings. The van der Waals surface area contributed by atoms with Crippen LogP contribution < -0.4 is 0 Å². The van der Waals surface area contributed by atoms with Crippen molar-refractivity contribution >= 4 is 23.4 Å². The van der Waals surface area contributed by atoms with Crippen LogP contribution in [0, 0.1) is 10.1 Å². The van der Waals surface area contributed by atoms with Gasteiger partial charge in [-0.15, -0.1) is 11.8 Å². The van der Waals surface area contributed by atoms with Crippen LogP contribution in [0.15, 0.2) is 53.4 Å². The van der Waals surface area contributed by atoms with Crippen LogP contribution >= 0.6 is 11.8 Å². The molecule has 1 N–H and O–H groups in total. The lowest BCUT2D eigenvalue weighted by molar-refractivity contribution is -0.384. The second kappa shape index (κ2) is 6.21. The first-order chi connectivity index (χ1) is 9.56. The van der Waals surface area contributed by atoms with E-state index in [1.807, 2.05) is 0 Å². The summed E-state index contributed by atoms with van der Waals surface area (Å²) in [5.41, 5.74) is 1.30. The van der Waals surface area contributed by atoms with Gasteiger partial charge in [0.1, 0.15) is 0 Å². The number of aromatic carboxylic acids is 1. The van der Waals surface area contributed by atoms with Crippen molar-refractivity contribution < 1.29 is 14.8 Å². The number of thioether (sulfide) groups is 1. The molecule has 0 fully saturated rings. The molecular weight excluding hydrogens is 278 g/mol. The molecule has 0 saturated heterocycles. The van der Waals surface area contributed by atoms with E-state index < -0.39 is 10.9 Å². The van der Waals surface area contributed by atoms with Gasteiger partial charge in [0, 0.05) is 22.8 Å². The molecule has 2 aromatic carbocycles. The lowest BCUT2D eigenvalue weighted by Crippen LogP contribution is -1.94. The first kappa shape index (κ1) is 14.1. The Labute approximate surface area is 119 Å². The number of carboxylic acid groups (broad SMARTS) is 1. The van der Waals surface area contributed by atoms with Gasteiger partial charge in [-0.1, -0.05) is 12.1 Å². The Balaban J connectivity index is 1.97. The Hall–Kier alpha value is -2.34. The molecule has 102 valence electrons. The van der Waals surface area contributed by atoms with Gasteiger partial charge < -0.3 is 5.11 Å². The summed E-state index contributed by atoms with van der Waals surface area (Å²) >= 11 is 1.55. The van der Waals surface area contributed by atoms with E-state index in [4.69, 9.17) is 5.11 Å². The largest absolute Gasteiger partial charge is 0.478 e. The smallest absolute Gasteiger partial charge is 0.335 e. The number of benzene rings is 2. The maximum absolute atomic E-state index is 10.7. The van der Waals surface area contributed by atoms with Crippen molar-refractivity contribution in [2.45, 2.75) is 10.6 Å². The van der Waals surface area contributed by atoms with Gasteiger partial charge in [-0.2, -0.15) is 0 Å².